The maximum absolute atomic E-state index is 12.6. The van der Waals surface area contributed by atoms with Crippen LogP contribution in [0.4, 0.5) is 10.5 Å². The van der Waals surface area contributed by atoms with Crippen LogP contribution in [0.2, 0.25) is 0 Å². The number of piperidine rings is 1. The Morgan fingerprint density at radius 3 is 2.48 bits per heavy atom. The molecule has 4 rings (SSSR count). The molecule has 7 nitrogen and oxygen atoms in total. The second kappa shape index (κ2) is 9.64. The highest BCUT2D eigenvalue weighted by Gasteiger charge is 2.30. The van der Waals surface area contributed by atoms with Crippen LogP contribution >= 0.6 is 0 Å². The number of carbonyl (C=O) groups is 3. The number of urea groups is 1. The fourth-order valence-corrected chi connectivity index (χ4v) is 4.13. The Morgan fingerprint density at radius 1 is 0.935 bits per heavy atom. The summed E-state index contributed by atoms with van der Waals surface area (Å²) in [5.41, 5.74) is 3.12. The summed E-state index contributed by atoms with van der Waals surface area (Å²) in [5.74, 6) is -1.01. The number of carbonyl (C=O) groups excluding carboxylic acids is 3. The molecule has 1 N–H and O–H groups in total. The van der Waals surface area contributed by atoms with E-state index in [-0.39, 0.29) is 18.5 Å². The summed E-state index contributed by atoms with van der Waals surface area (Å²) in [6.07, 6.45) is 2.18. The highest BCUT2D eigenvalue weighted by atomic mass is 16.5. The van der Waals surface area contributed by atoms with E-state index in [0.717, 1.165) is 18.4 Å². The smallest absolute Gasteiger partial charge is 0.321 e. The summed E-state index contributed by atoms with van der Waals surface area (Å²) in [7, 11) is 0. The van der Waals surface area contributed by atoms with E-state index in [1.807, 2.05) is 48.5 Å². The second-order valence-corrected chi connectivity index (χ2v) is 8.02. The Morgan fingerprint density at radius 2 is 1.68 bits per heavy atom. The molecular formula is C24H27N3O4. The van der Waals surface area contributed by atoms with Crippen molar-refractivity contribution in [3.63, 3.8) is 0 Å². The number of likely N-dealkylation sites (tertiary alicyclic amines) is 1. The minimum atomic E-state index is -0.414. The summed E-state index contributed by atoms with van der Waals surface area (Å²) in [4.78, 5) is 41.0. The average Bonchev–Trinajstić information content (AvgIpc) is 2.82. The van der Waals surface area contributed by atoms with Crippen LogP contribution in [0.1, 0.15) is 24.0 Å². The lowest BCUT2D eigenvalue weighted by Gasteiger charge is -2.32. The maximum atomic E-state index is 12.6. The Labute approximate surface area is 182 Å². The molecule has 2 heterocycles. The molecule has 1 unspecified atom stereocenters. The van der Waals surface area contributed by atoms with E-state index in [2.05, 4.69) is 11.4 Å². The molecule has 0 radical (unpaired) electrons. The molecule has 1 atom stereocenters. The van der Waals surface area contributed by atoms with Crippen molar-refractivity contribution >= 4 is 23.6 Å². The number of esters is 1. The van der Waals surface area contributed by atoms with Gasteiger partial charge in [-0.3, -0.25) is 9.59 Å². The third-order valence-corrected chi connectivity index (χ3v) is 5.89. The fourth-order valence-electron chi connectivity index (χ4n) is 4.13. The lowest BCUT2D eigenvalue weighted by atomic mass is 9.98. The molecule has 3 amide bonds. The molecule has 2 aliphatic rings. The van der Waals surface area contributed by atoms with Gasteiger partial charge < -0.3 is 19.9 Å². The van der Waals surface area contributed by atoms with Crippen molar-refractivity contribution < 1.29 is 19.1 Å². The number of nitrogens with zero attached hydrogens (tertiary/aromatic N) is 2. The van der Waals surface area contributed by atoms with Crippen LogP contribution in [0.15, 0.2) is 54.6 Å². The van der Waals surface area contributed by atoms with E-state index in [9.17, 15) is 14.4 Å². The van der Waals surface area contributed by atoms with Crippen molar-refractivity contribution in [2.24, 2.45) is 5.92 Å². The molecule has 7 heteroatoms. The largest absolute Gasteiger partial charge is 0.455 e. The van der Waals surface area contributed by atoms with Gasteiger partial charge in [0.15, 0.2) is 6.61 Å². The summed E-state index contributed by atoms with van der Waals surface area (Å²) in [6.45, 7) is 1.80. The minimum absolute atomic E-state index is 0.183. The van der Waals surface area contributed by atoms with Crippen LogP contribution in [0.25, 0.3) is 0 Å². The van der Waals surface area contributed by atoms with Crippen LogP contribution in [0, 0.1) is 5.92 Å². The zero-order valence-corrected chi connectivity index (χ0v) is 17.5. The van der Waals surface area contributed by atoms with Crippen molar-refractivity contribution in [2.75, 3.05) is 31.6 Å². The van der Waals surface area contributed by atoms with Crippen molar-refractivity contribution in [3.05, 3.63) is 65.7 Å². The Balaban J connectivity index is 1.25. The SMILES string of the molecule is O=C(OCC(=O)N1CCc2ccccc2C1)C1CCCN(C(=O)Nc2ccccc2)C1. The number of hydrogen-bond acceptors (Lipinski definition) is 4. The number of nitrogens with one attached hydrogen (secondary N) is 1. The first-order valence-corrected chi connectivity index (χ1v) is 10.7. The van der Waals surface area contributed by atoms with Gasteiger partial charge in [0.1, 0.15) is 0 Å². The summed E-state index contributed by atoms with van der Waals surface area (Å²) in [5, 5.41) is 2.85. The van der Waals surface area contributed by atoms with E-state index < -0.39 is 11.9 Å². The first-order chi connectivity index (χ1) is 15.1. The van der Waals surface area contributed by atoms with E-state index in [1.54, 1.807) is 9.80 Å². The zero-order valence-electron chi connectivity index (χ0n) is 17.5. The van der Waals surface area contributed by atoms with Gasteiger partial charge in [0.2, 0.25) is 0 Å². The second-order valence-electron chi connectivity index (χ2n) is 8.02. The van der Waals surface area contributed by atoms with Gasteiger partial charge in [-0.15, -0.1) is 0 Å². The highest BCUT2D eigenvalue weighted by Crippen LogP contribution is 2.21. The van der Waals surface area contributed by atoms with E-state index >= 15 is 0 Å². The monoisotopic (exact) mass is 421 g/mol. The van der Waals surface area contributed by atoms with Gasteiger partial charge in [-0.2, -0.15) is 0 Å². The van der Waals surface area contributed by atoms with Gasteiger partial charge in [0.05, 0.1) is 5.92 Å². The molecule has 0 spiro atoms. The molecule has 0 aromatic heterocycles. The van der Waals surface area contributed by atoms with Crippen molar-refractivity contribution in [3.8, 4) is 0 Å². The maximum Gasteiger partial charge on any atom is 0.321 e. The number of anilines is 1. The summed E-state index contributed by atoms with van der Waals surface area (Å²) in [6, 6.07) is 17.1. The van der Waals surface area contributed by atoms with Crippen molar-refractivity contribution in [1.82, 2.24) is 9.80 Å². The molecule has 162 valence electrons. The quantitative estimate of drug-likeness (QED) is 0.770. The van der Waals surface area contributed by atoms with Crippen LogP contribution in [0.3, 0.4) is 0 Å². The van der Waals surface area contributed by atoms with E-state index in [4.69, 9.17) is 4.74 Å². The first-order valence-electron chi connectivity index (χ1n) is 10.7. The average molecular weight is 421 g/mol. The van der Waals surface area contributed by atoms with E-state index in [1.165, 1.54) is 5.56 Å². The molecule has 1 fully saturated rings. The lowest BCUT2D eigenvalue weighted by molar-refractivity contribution is -0.157. The van der Waals surface area contributed by atoms with Gasteiger partial charge in [-0.1, -0.05) is 42.5 Å². The molecule has 0 bridgehead atoms. The third kappa shape index (κ3) is 5.23. The normalized spacial score (nSPS) is 18.1. The number of benzene rings is 2. The van der Waals surface area contributed by atoms with Gasteiger partial charge in [0.25, 0.3) is 5.91 Å². The summed E-state index contributed by atoms with van der Waals surface area (Å²) >= 11 is 0. The Hall–Kier alpha value is -3.35. The number of para-hydroxylation sites is 1. The first kappa shape index (κ1) is 20.9. The zero-order chi connectivity index (χ0) is 21.6. The molecule has 2 aromatic rings. The molecule has 0 aliphatic carbocycles. The summed E-state index contributed by atoms with van der Waals surface area (Å²) < 4.78 is 5.34. The number of ether oxygens (including phenoxy) is 1. The molecular weight excluding hydrogens is 394 g/mol. The van der Waals surface area contributed by atoms with E-state index in [0.29, 0.717) is 38.3 Å². The molecule has 31 heavy (non-hydrogen) atoms. The number of fused-ring (bicyclic) bond motifs is 1. The lowest BCUT2D eigenvalue weighted by Crippen LogP contribution is -2.45. The Bertz CT molecular complexity index is 947. The number of amides is 3. The predicted molar refractivity (Wildman–Crippen MR) is 116 cm³/mol. The minimum Gasteiger partial charge on any atom is -0.455 e. The van der Waals surface area contributed by atoms with Gasteiger partial charge in [-0.05, 0) is 42.5 Å². The highest BCUT2D eigenvalue weighted by molar-refractivity contribution is 5.90. The topological polar surface area (TPSA) is 79.0 Å². The van der Waals surface area contributed by atoms with Crippen molar-refractivity contribution in [2.45, 2.75) is 25.8 Å². The van der Waals surface area contributed by atoms with Crippen LogP contribution in [-0.2, 0) is 27.3 Å². The van der Waals surface area contributed by atoms with Gasteiger partial charge >= 0.3 is 12.0 Å². The molecule has 2 aromatic carbocycles. The van der Waals surface area contributed by atoms with Gasteiger partial charge in [-0.25, -0.2) is 4.79 Å². The molecule has 0 saturated carbocycles. The molecule has 2 aliphatic heterocycles. The third-order valence-electron chi connectivity index (χ3n) is 5.89. The van der Waals surface area contributed by atoms with Crippen molar-refractivity contribution in [1.29, 1.82) is 0 Å². The Kier molecular flexibility index (Phi) is 6.50. The number of rotatable bonds is 4. The van der Waals surface area contributed by atoms with Gasteiger partial charge in [0, 0.05) is 31.9 Å². The van der Waals surface area contributed by atoms with Crippen LogP contribution < -0.4 is 5.32 Å². The van der Waals surface area contributed by atoms with Crippen LogP contribution in [0.5, 0.6) is 0 Å². The molecule has 1 saturated heterocycles. The number of hydrogen-bond donors (Lipinski definition) is 1. The standard InChI is InChI=1S/C24H27N3O4/c28-22(26-14-12-18-7-4-5-8-19(18)15-26)17-31-23(29)20-9-6-13-27(16-20)24(30)25-21-10-2-1-3-11-21/h1-5,7-8,10-11,20H,6,9,12-17H2,(H,25,30). The fraction of sp³-hybridized carbons (Fsp3) is 0.375. The predicted octanol–water partition coefficient (Wildman–Crippen LogP) is 3.06. The van der Waals surface area contributed by atoms with Crippen LogP contribution in [-0.4, -0.2) is 53.9 Å².